The van der Waals surface area contributed by atoms with Crippen LogP contribution in [0.2, 0.25) is 0 Å². The molecule has 1 aliphatic rings. The third-order valence-corrected chi connectivity index (χ3v) is 2.95. The minimum Gasteiger partial charge on any atom is -0.339 e. The second-order valence-corrected chi connectivity index (χ2v) is 4.34. The number of benzene rings is 1. The van der Waals surface area contributed by atoms with E-state index in [2.05, 4.69) is 11.8 Å². The summed E-state index contributed by atoms with van der Waals surface area (Å²) in [4.78, 5) is 13.9. The van der Waals surface area contributed by atoms with Crippen molar-refractivity contribution in [3.05, 3.63) is 35.1 Å². The van der Waals surface area contributed by atoms with Gasteiger partial charge in [-0.25, -0.2) is 4.39 Å². The number of carbonyl (C=O) groups excluding carboxylic acids is 1. The first kappa shape index (κ1) is 12.6. The highest BCUT2D eigenvalue weighted by atomic mass is 19.1. The summed E-state index contributed by atoms with van der Waals surface area (Å²) < 4.78 is 13.3. The Kier molecular flexibility index (Phi) is 3.63. The van der Waals surface area contributed by atoms with Gasteiger partial charge in [-0.1, -0.05) is 11.8 Å². The van der Waals surface area contributed by atoms with Crippen molar-refractivity contribution in [3.8, 4) is 11.8 Å². The molecule has 0 unspecified atom stereocenters. The van der Waals surface area contributed by atoms with Crippen LogP contribution in [0.15, 0.2) is 18.2 Å². The van der Waals surface area contributed by atoms with E-state index in [1.807, 2.05) is 0 Å². The lowest BCUT2D eigenvalue weighted by Crippen LogP contribution is -2.29. The third-order valence-electron chi connectivity index (χ3n) is 2.95. The van der Waals surface area contributed by atoms with Crippen molar-refractivity contribution < 1.29 is 9.18 Å². The van der Waals surface area contributed by atoms with E-state index in [-0.39, 0.29) is 18.5 Å². The molecule has 94 valence electrons. The summed E-state index contributed by atoms with van der Waals surface area (Å²) in [7, 11) is 1.74. The van der Waals surface area contributed by atoms with E-state index >= 15 is 0 Å². The molecular formula is C14H15FN2O. The normalized spacial score (nSPS) is 13.7. The molecule has 0 heterocycles. The van der Waals surface area contributed by atoms with E-state index in [9.17, 15) is 9.18 Å². The molecule has 4 heteroatoms. The maximum absolute atomic E-state index is 13.3. The van der Waals surface area contributed by atoms with Crippen molar-refractivity contribution in [1.82, 2.24) is 4.90 Å². The fourth-order valence-electron chi connectivity index (χ4n) is 1.77. The van der Waals surface area contributed by atoms with E-state index in [1.54, 1.807) is 11.9 Å². The minimum absolute atomic E-state index is 0.182. The molecule has 0 aliphatic heterocycles. The number of rotatable bonds is 2. The second kappa shape index (κ2) is 5.19. The Balaban J connectivity index is 2.34. The molecule has 1 saturated carbocycles. The molecule has 1 aromatic rings. The van der Waals surface area contributed by atoms with Crippen LogP contribution in [-0.4, -0.2) is 30.4 Å². The van der Waals surface area contributed by atoms with Crippen LogP contribution >= 0.6 is 0 Å². The minimum atomic E-state index is -0.430. The smallest absolute Gasteiger partial charge is 0.255 e. The highest BCUT2D eigenvalue weighted by molar-refractivity contribution is 5.97. The van der Waals surface area contributed by atoms with Crippen molar-refractivity contribution in [3.63, 3.8) is 0 Å². The Labute approximate surface area is 106 Å². The average molecular weight is 246 g/mol. The van der Waals surface area contributed by atoms with Crippen LogP contribution in [0.4, 0.5) is 4.39 Å². The molecule has 0 aromatic heterocycles. The van der Waals surface area contributed by atoms with Gasteiger partial charge in [0.15, 0.2) is 0 Å². The van der Waals surface area contributed by atoms with E-state index < -0.39 is 5.82 Å². The van der Waals surface area contributed by atoms with Gasteiger partial charge in [-0.3, -0.25) is 4.79 Å². The predicted molar refractivity (Wildman–Crippen MR) is 67.4 cm³/mol. The lowest BCUT2D eigenvalue weighted by atomic mass is 10.1. The molecule has 0 radical (unpaired) electrons. The summed E-state index contributed by atoms with van der Waals surface area (Å²) in [5.41, 5.74) is 6.15. The van der Waals surface area contributed by atoms with Crippen LogP contribution in [0.1, 0.15) is 28.8 Å². The van der Waals surface area contributed by atoms with Gasteiger partial charge in [0.05, 0.1) is 12.1 Å². The van der Waals surface area contributed by atoms with E-state index in [4.69, 9.17) is 5.73 Å². The molecule has 2 N–H and O–H groups in total. The quantitative estimate of drug-likeness (QED) is 0.801. The summed E-state index contributed by atoms with van der Waals surface area (Å²) in [6, 6.07) is 4.35. The van der Waals surface area contributed by atoms with Crippen molar-refractivity contribution >= 4 is 5.91 Å². The van der Waals surface area contributed by atoms with Crippen molar-refractivity contribution in [1.29, 1.82) is 0 Å². The van der Waals surface area contributed by atoms with Gasteiger partial charge in [-0.05, 0) is 31.0 Å². The molecule has 1 aromatic carbocycles. The Bertz CT molecular complexity index is 526. The Morgan fingerprint density at radius 3 is 2.89 bits per heavy atom. The van der Waals surface area contributed by atoms with Gasteiger partial charge in [0.1, 0.15) is 5.82 Å². The van der Waals surface area contributed by atoms with Crippen LogP contribution < -0.4 is 5.73 Å². The van der Waals surface area contributed by atoms with Gasteiger partial charge in [0, 0.05) is 18.7 Å². The fraction of sp³-hybridized carbons (Fsp3) is 0.357. The molecule has 1 fully saturated rings. The molecule has 18 heavy (non-hydrogen) atoms. The molecule has 0 saturated heterocycles. The lowest BCUT2D eigenvalue weighted by Gasteiger charge is -2.17. The first-order valence-electron chi connectivity index (χ1n) is 5.89. The molecule has 0 bridgehead atoms. The number of nitrogens with zero attached hydrogens (tertiary/aromatic N) is 1. The van der Waals surface area contributed by atoms with E-state index in [0.29, 0.717) is 11.1 Å². The molecular weight excluding hydrogens is 231 g/mol. The summed E-state index contributed by atoms with van der Waals surface area (Å²) in [5, 5.41) is 0. The lowest BCUT2D eigenvalue weighted by molar-refractivity contribution is 0.0784. The number of nitrogens with two attached hydrogens (primary N) is 1. The Morgan fingerprint density at radius 2 is 2.28 bits per heavy atom. The first-order valence-corrected chi connectivity index (χ1v) is 5.89. The molecule has 2 rings (SSSR count). The first-order chi connectivity index (χ1) is 8.63. The maximum atomic E-state index is 13.3. The van der Waals surface area contributed by atoms with Crippen molar-refractivity contribution in [2.24, 2.45) is 5.73 Å². The Morgan fingerprint density at radius 1 is 1.56 bits per heavy atom. The highest BCUT2D eigenvalue weighted by Crippen LogP contribution is 2.27. The monoisotopic (exact) mass is 246 g/mol. The van der Waals surface area contributed by atoms with Crippen LogP contribution in [0.25, 0.3) is 0 Å². The number of hydrogen-bond donors (Lipinski definition) is 1. The summed E-state index contributed by atoms with van der Waals surface area (Å²) in [6.45, 7) is 0.212. The van der Waals surface area contributed by atoms with Gasteiger partial charge in [-0.15, -0.1) is 0 Å². The van der Waals surface area contributed by atoms with Crippen molar-refractivity contribution in [2.45, 2.75) is 18.9 Å². The summed E-state index contributed by atoms with van der Waals surface area (Å²) in [5.74, 6) is 4.88. The average Bonchev–Trinajstić information content (AvgIpc) is 3.19. The van der Waals surface area contributed by atoms with Crippen LogP contribution in [0, 0.1) is 17.7 Å². The van der Waals surface area contributed by atoms with Crippen molar-refractivity contribution in [2.75, 3.05) is 13.6 Å². The van der Waals surface area contributed by atoms with Gasteiger partial charge in [-0.2, -0.15) is 0 Å². The standard InChI is InChI=1S/C14H15FN2O/c1-17(12-6-7-12)14(18)13-9-11(15)5-4-10(13)3-2-8-16/h4-5,9,12H,6-8,16H2,1H3. The van der Waals surface area contributed by atoms with E-state index in [0.717, 1.165) is 12.8 Å². The van der Waals surface area contributed by atoms with Gasteiger partial charge in [0.25, 0.3) is 5.91 Å². The molecule has 1 amide bonds. The molecule has 1 aliphatic carbocycles. The third kappa shape index (κ3) is 2.69. The van der Waals surface area contributed by atoms with E-state index in [1.165, 1.54) is 18.2 Å². The zero-order chi connectivity index (χ0) is 13.1. The largest absolute Gasteiger partial charge is 0.339 e. The second-order valence-electron chi connectivity index (χ2n) is 4.34. The van der Waals surface area contributed by atoms with Gasteiger partial charge >= 0.3 is 0 Å². The molecule has 3 nitrogen and oxygen atoms in total. The molecule has 0 spiro atoms. The summed E-state index contributed by atoms with van der Waals surface area (Å²) >= 11 is 0. The number of carbonyl (C=O) groups is 1. The topological polar surface area (TPSA) is 46.3 Å². The van der Waals surface area contributed by atoms with Crippen LogP contribution in [0.5, 0.6) is 0 Å². The highest BCUT2D eigenvalue weighted by Gasteiger charge is 2.30. The predicted octanol–water partition coefficient (Wildman–Crippen LogP) is 1.37. The zero-order valence-corrected chi connectivity index (χ0v) is 10.2. The zero-order valence-electron chi connectivity index (χ0n) is 10.2. The maximum Gasteiger partial charge on any atom is 0.255 e. The number of amides is 1. The van der Waals surface area contributed by atoms with Gasteiger partial charge < -0.3 is 10.6 Å². The Hall–Kier alpha value is -1.86. The SMILES string of the molecule is CN(C(=O)c1cc(F)ccc1C#CCN)C1CC1. The van der Waals surface area contributed by atoms with Gasteiger partial charge in [0.2, 0.25) is 0 Å². The number of hydrogen-bond acceptors (Lipinski definition) is 2. The van der Waals surface area contributed by atoms with Crippen LogP contribution in [-0.2, 0) is 0 Å². The number of halogens is 1. The fourth-order valence-corrected chi connectivity index (χ4v) is 1.77. The summed E-state index contributed by atoms with van der Waals surface area (Å²) in [6.07, 6.45) is 2.03. The molecule has 0 atom stereocenters. The van der Waals surface area contributed by atoms with Crippen LogP contribution in [0.3, 0.4) is 0 Å².